The molecule has 1 unspecified atom stereocenters. The summed E-state index contributed by atoms with van der Waals surface area (Å²) in [5, 5.41) is 39.4. The van der Waals surface area contributed by atoms with E-state index in [0.717, 1.165) is 26.8 Å². The van der Waals surface area contributed by atoms with Gasteiger partial charge in [-0.05, 0) is 49.4 Å². The number of oxime groups is 1. The van der Waals surface area contributed by atoms with Gasteiger partial charge in [0.15, 0.2) is 0 Å². The zero-order valence-corrected chi connectivity index (χ0v) is 29.1. The second-order valence-electron chi connectivity index (χ2n) is 12.3. The fraction of sp³-hybridized carbons (Fsp3) is 0.455. The molecule has 260 valence electrons. The minimum absolute atomic E-state index is 0.0844. The summed E-state index contributed by atoms with van der Waals surface area (Å²) in [6.07, 6.45) is -1.11. The number of rotatable bonds is 16. The molecule has 4 rings (SSSR count). The topological polar surface area (TPSA) is 176 Å². The van der Waals surface area contributed by atoms with E-state index in [1.54, 1.807) is 9.80 Å². The highest BCUT2D eigenvalue weighted by Crippen LogP contribution is 2.23. The van der Waals surface area contributed by atoms with Crippen LogP contribution in [0.3, 0.4) is 0 Å². The van der Waals surface area contributed by atoms with Crippen molar-refractivity contribution in [3.8, 4) is 0 Å². The lowest BCUT2D eigenvalue weighted by Gasteiger charge is -2.34. The molecule has 2 heterocycles. The molecule has 4 atom stereocenters. The number of nitrogens with zero attached hydrogens (tertiary/aromatic N) is 5. The molecule has 0 spiro atoms. The number of sulfonamides is 1. The van der Waals surface area contributed by atoms with Gasteiger partial charge in [-0.25, -0.2) is 18.2 Å². The molecule has 13 nitrogen and oxygen atoms in total. The Bertz CT molecular complexity index is 1650. The third-order valence-electron chi connectivity index (χ3n) is 8.06. The summed E-state index contributed by atoms with van der Waals surface area (Å²) in [7, 11) is -4.21. The Balaban J connectivity index is 1.57. The summed E-state index contributed by atoms with van der Waals surface area (Å²) >= 11 is 1.51. The van der Waals surface area contributed by atoms with Crippen LogP contribution in [0.4, 0.5) is 4.79 Å². The molecule has 48 heavy (non-hydrogen) atoms. The van der Waals surface area contributed by atoms with Crippen LogP contribution in [0.5, 0.6) is 0 Å². The van der Waals surface area contributed by atoms with Crippen LogP contribution in [0, 0.1) is 12.8 Å². The highest BCUT2D eigenvalue weighted by Gasteiger charge is 2.40. The first-order chi connectivity index (χ1) is 22.8. The number of aryl methyl sites for hydroxylation is 1. The number of nitrogens with one attached hydrogen (secondary N) is 1. The number of benzene rings is 2. The van der Waals surface area contributed by atoms with Gasteiger partial charge in [0, 0.05) is 31.6 Å². The summed E-state index contributed by atoms with van der Waals surface area (Å²) < 4.78 is 28.4. The fourth-order valence-corrected chi connectivity index (χ4v) is 7.89. The molecular weight excluding hydrogens is 657 g/mol. The van der Waals surface area contributed by atoms with Crippen molar-refractivity contribution in [1.82, 2.24) is 24.4 Å². The van der Waals surface area contributed by atoms with Crippen molar-refractivity contribution in [2.75, 3.05) is 26.2 Å². The smallest absolute Gasteiger partial charge is 0.321 e. The summed E-state index contributed by atoms with van der Waals surface area (Å²) in [6, 6.07) is 12.7. The Morgan fingerprint density at radius 1 is 1.08 bits per heavy atom. The quantitative estimate of drug-likeness (QED) is 0.100. The standard InChI is InChI=1S/C33H44N6O7S2/c1-22(2)31(39-15-14-37(33(39)43)19-27-21-47-24(4)35-27)32(42)36-29(16-25-8-6-5-7-9-25)30(41)20-38(18-23(3)40)48(45,46)28-12-10-26(11-13-28)17-34-44/h5-13,17,21-23,29-31,40-41,44H,14-16,18-20H2,1-4H3,(H,36,42)/b34-17+/t23?,29-,30+,31-/m0/s1. The second kappa shape index (κ2) is 16.5. The number of hydrogen-bond acceptors (Lipinski definition) is 10. The van der Waals surface area contributed by atoms with E-state index in [2.05, 4.69) is 15.5 Å². The largest absolute Gasteiger partial charge is 0.411 e. The number of amides is 3. The lowest BCUT2D eigenvalue weighted by atomic mass is 9.98. The average molecular weight is 701 g/mol. The Hall–Kier alpha value is -3.89. The number of carbonyl (C=O) groups excluding carboxylic acids is 2. The molecule has 3 amide bonds. The average Bonchev–Trinajstić information content (AvgIpc) is 3.61. The molecule has 0 bridgehead atoms. The van der Waals surface area contributed by atoms with Crippen LogP contribution >= 0.6 is 11.3 Å². The molecule has 1 aliphatic heterocycles. The molecule has 0 aliphatic carbocycles. The second-order valence-corrected chi connectivity index (χ2v) is 15.3. The summed E-state index contributed by atoms with van der Waals surface area (Å²) in [6.45, 7) is 7.41. The van der Waals surface area contributed by atoms with Crippen molar-refractivity contribution in [3.63, 3.8) is 0 Å². The zero-order chi connectivity index (χ0) is 35.0. The number of aliphatic hydroxyl groups is 2. The van der Waals surface area contributed by atoms with Crippen molar-refractivity contribution >= 4 is 39.5 Å². The summed E-state index contributed by atoms with van der Waals surface area (Å²) in [4.78, 5) is 35.1. The van der Waals surface area contributed by atoms with Crippen LogP contribution in [-0.4, -0.2) is 112 Å². The van der Waals surface area contributed by atoms with E-state index in [0.29, 0.717) is 25.2 Å². The van der Waals surface area contributed by atoms with Gasteiger partial charge >= 0.3 is 6.03 Å². The van der Waals surface area contributed by atoms with Gasteiger partial charge in [0.25, 0.3) is 0 Å². The number of carbonyl (C=O) groups is 2. The maximum absolute atomic E-state index is 14.0. The van der Waals surface area contributed by atoms with Crippen molar-refractivity contribution in [1.29, 1.82) is 0 Å². The maximum atomic E-state index is 14.0. The molecule has 1 fully saturated rings. The Kier molecular flexibility index (Phi) is 12.7. The molecule has 3 aromatic rings. The van der Waals surface area contributed by atoms with Gasteiger partial charge in [-0.15, -0.1) is 11.3 Å². The maximum Gasteiger partial charge on any atom is 0.321 e. The highest BCUT2D eigenvalue weighted by molar-refractivity contribution is 7.89. The van der Waals surface area contributed by atoms with Crippen LogP contribution in [0.15, 0.2) is 70.0 Å². The molecular formula is C33H44N6O7S2. The van der Waals surface area contributed by atoms with Gasteiger partial charge in [0.2, 0.25) is 15.9 Å². The van der Waals surface area contributed by atoms with Crippen molar-refractivity contribution in [2.45, 2.75) is 69.8 Å². The Morgan fingerprint density at radius 3 is 2.35 bits per heavy atom. The monoisotopic (exact) mass is 700 g/mol. The van der Waals surface area contributed by atoms with Gasteiger partial charge in [0.1, 0.15) is 6.04 Å². The Morgan fingerprint density at radius 2 is 1.77 bits per heavy atom. The van der Waals surface area contributed by atoms with Crippen molar-refractivity contribution in [3.05, 3.63) is 81.8 Å². The van der Waals surface area contributed by atoms with Gasteiger partial charge in [-0.2, -0.15) is 4.31 Å². The van der Waals surface area contributed by atoms with Crippen LogP contribution in [0.2, 0.25) is 0 Å². The van der Waals surface area contributed by atoms with E-state index in [9.17, 15) is 28.2 Å². The number of urea groups is 1. The highest BCUT2D eigenvalue weighted by atomic mass is 32.2. The van der Waals surface area contributed by atoms with Crippen molar-refractivity contribution in [2.24, 2.45) is 11.1 Å². The van der Waals surface area contributed by atoms with Crippen LogP contribution < -0.4 is 5.32 Å². The first-order valence-electron chi connectivity index (χ1n) is 15.7. The summed E-state index contributed by atoms with van der Waals surface area (Å²) in [5.41, 5.74) is 2.06. The van der Waals surface area contributed by atoms with Crippen LogP contribution in [0.1, 0.15) is 42.6 Å². The van der Waals surface area contributed by atoms with Crippen LogP contribution in [-0.2, 0) is 27.8 Å². The van der Waals surface area contributed by atoms with E-state index in [-0.39, 0.29) is 29.8 Å². The summed E-state index contributed by atoms with van der Waals surface area (Å²) in [5.74, 6) is -0.730. The number of aliphatic hydroxyl groups excluding tert-OH is 2. The van der Waals surface area contributed by atoms with E-state index in [1.807, 2.05) is 56.5 Å². The predicted molar refractivity (Wildman–Crippen MR) is 182 cm³/mol. The van der Waals surface area contributed by atoms with E-state index in [4.69, 9.17) is 5.21 Å². The molecule has 1 aromatic heterocycles. The molecule has 4 N–H and O–H groups in total. The van der Waals surface area contributed by atoms with Gasteiger partial charge in [-0.3, -0.25) is 4.79 Å². The lowest BCUT2D eigenvalue weighted by molar-refractivity contribution is -0.128. The first-order valence-corrected chi connectivity index (χ1v) is 18.1. The van der Waals surface area contributed by atoms with Gasteiger partial charge in [-0.1, -0.05) is 61.5 Å². The van der Waals surface area contributed by atoms with Gasteiger partial charge in [0.05, 0.1) is 46.6 Å². The van der Waals surface area contributed by atoms with E-state index >= 15 is 0 Å². The van der Waals surface area contributed by atoms with Crippen LogP contribution in [0.25, 0.3) is 0 Å². The van der Waals surface area contributed by atoms with E-state index in [1.165, 1.54) is 42.5 Å². The zero-order valence-electron chi connectivity index (χ0n) is 27.5. The van der Waals surface area contributed by atoms with Crippen molar-refractivity contribution < 1.29 is 33.4 Å². The fourth-order valence-electron chi connectivity index (χ4n) is 5.75. The lowest BCUT2D eigenvalue weighted by Crippen LogP contribution is -2.57. The predicted octanol–water partition coefficient (Wildman–Crippen LogP) is 2.68. The third kappa shape index (κ3) is 9.38. The van der Waals surface area contributed by atoms with Gasteiger partial charge < -0.3 is 30.5 Å². The molecule has 2 aromatic carbocycles. The first kappa shape index (κ1) is 36.9. The molecule has 1 aliphatic rings. The normalized spacial score (nSPS) is 16.5. The number of hydrogen-bond donors (Lipinski definition) is 4. The molecule has 0 saturated carbocycles. The third-order valence-corrected chi connectivity index (χ3v) is 10.7. The number of aromatic nitrogens is 1. The molecule has 15 heteroatoms. The molecule has 1 saturated heterocycles. The Labute approximate surface area is 285 Å². The minimum Gasteiger partial charge on any atom is -0.411 e. The minimum atomic E-state index is -4.21. The van der Waals surface area contributed by atoms with E-state index < -0.39 is 46.8 Å². The molecule has 0 radical (unpaired) electrons. The number of thiazole rings is 1. The SMILES string of the molecule is Cc1nc(CN2CCN([C@H](C(=O)N[C@@H](Cc3ccccc3)[C@H](O)CN(CC(C)O)S(=O)(=O)c3ccc(/C=N/O)cc3)C(C)C)C2=O)cs1.